The topological polar surface area (TPSA) is 48.1 Å². The SMILES string of the molecule is C1CCNCCCCNCCCCNCCCCNC1. The van der Waals surface area contributed by atoms with Crippen molar-refractivity contribution in [3.8, 4) is 0 Å². The van der Waals surface area contributed by atoms with E-state index in [-0.39, 0.29) is 0 Å². The highest BCUT2D eigenvalue weighted by Crippen LogP contribution is 1.91. The standard InChI is InChI=1S/C16H36N4/c1-2-10-18-12-5-6-14-20-16-8-7-15-19-13-4-3-11-17-9-1/h17-20H,1-16H2. The van der Waals surface area contributed by atoms with Crippen LogP contribution in [0, 0.1) is 0 Å². The van der Waals surface area contributed by atoms with Crippen LogP contribution in [-0.4, -0.2) is 52.4 Å². The van der Waals surface area contributed by atoms with Gasteiger partial charge in [-0.25, -0.2) is 0 Å². The number of rotatable bonds is 0. The molecule has 1 aliphatic rings. The summed E-state index contributed by atoms with van der Waals surface area (Å²) in [4.78, 5) is 0. The summed E-state index contributed by atoms with van der Waals surface area (Å²) in [6.45, 7) is 9.44. The third kappa shape index (κ3) is 12.9. The van der Waals surface area contributed by atoms with Gasteiger partial charge in [-0.1, -0.05) is 0 Å². The lowest BCUT2D eigenvalue weighted by atomic mass is 10.2. The fraction of sp³-hybridized carbons (Fsp3) is 1.00. The van der Waals surface area contributed by atoms with Crippen LogP contribution in [0.2, 0.25) is 0 Å². The molecule has 20 heavy (non-hydrogen) atoms. The highest BCUT2D eigenvalue weighted by molar-refractivity contribution is 4.57. The molecule has 0 aromatic rings. The van der Waals surface area contributed by atoms with Crippen LogP contribution in [0.4, 0.5) is 0 Å². The van der Waals surface area contributed by atoms with Crippen molar-refractivity contribution in [3.05, 3.63) is 0 Å². The van der Waals surface area contributed by atoms with Crippen LogP contribution in [0.1, 0.15) is 51.4 Å². The van der Waals surface area contributed by atoms with E-state index in [0.29, 0.717) is 0 Å². The first-order chi connectivity index (χ1) is 10.0. The Hall–Kier alpha value is -0.160. The third-order valence-corrected chi connectivity index (χ3v) is 3.83. The largest absolute Gasteiger partial charge is 0.317 e. The van der Waals surface area contributed by atoms with Gasteiger partial charge in [-0.2, -0.15) is 0 Å². The maximum absolute atomic E-state index is 3.54. The van der Waals surface area contributed by atoms with E-state index < -0.39 is 0 Å². The van der Waals surface area contributed by atoms with Gasteiger partial charge >= 0.3 is 0 Å². The quantitative estimate of drug-likeness (QED) is 0.544. The Balaban J connectivity index is 2.00. The van der Waals surface area contributed by atoms with Gasteiger partial charge in [0.15, 0.2) is 0 Å². The van der Waals surface area contributed by atoms with E-state index in [2.05, 4.69) is 21.3 Å². The average Bonchev–Trinajstić information content (AvgIpc) is 2.46. The van der Waals surface area contributed by atoms with Crippen molar-refractivity contribution in [1.29, 1.82) is 0 Å². The maximum atomic E-state index is 3.54. The Morgan fingerprint density at radius 3 is 0.550 bits per heavy atom. The summed E-state index contributed by atoms with van der Waals surface area (Å²) in [5.41, 5.74) is 0. The predicted molar refractivity (Wildman–Crippen MR) is 88.4 cm³/mol. The molecule has 0 bridgehead atoms. The zero-order chi connectivity index (χ0) is 14.1. The Morgan fingerprint density at radius 2 is 0.400 bits per heavy atom. The highest BCUT2D eigenvalue weighted by atomic mass is 14.9. The van der Waals surface area contributed by atoms with Gasteiger partial charge in [-0.15, -0.1) is 0 Å². The highest BCUT2D eigenvalue weighted by Gasteiger charge is 1.94. The summed E-state index contributed by atoms with van der Waals surface area (Å²) in [5.74, 6) is 0. The lowest BCUT2D eigenvalue weighted by molar-refractivity contribution is 0.523. The molecule has 0 spiro atoms. The van der Waals surface area contributed by atoms with Gasteiger partial charge in [-0.3, -0.25) is 0 Å². The molecule has 1 aliphatic heterocycles. The molecule has 4 heteroatoms. The first-order valence-corrected chi connectivity index (χ1v) is 8.83. The number of nitrogens with one attached hydrogen (secondary N) is 4. The summed E-state index contributed by atoms with van der Waals surface area (Å²) >= 11 is 0. The Morgan fingerprint density at radius 1 is 0.250 bits per heavy atom. The summed E-state index contributed by atoms with van der Waals surface area (Å²) in [6.07, 6.45) is 10.4. The molecule has 0 saturated carbocycles. The van der Waals surface area contributed by atoms with E-state index in [1.165, 1.54) is 104 Å². The lowest BCUT2D eigenvalue weighted by Crippen LogP contribution is -2.24. The van der Waals surface area contributed by atoms with Crippen molar-refractivity contribution in [1.82, 2.24) is 21.3 Å². The Kier molecular flexibility index (Phi) is 13.6. The Labute approximate surface area is 125 Å². The smallest absolute Gasteiger partial charge is 0.00484 e. The second-order valence-electron chi connectivity index (χ2n) is 5.83. The summed E-state index contributed by atoms with van der Waals surface area (Å²) in [7, 11) is 0. The van der Waals surface area contributed by atoms with Gasteiger partial charge < -0.3 is 21.3 Å². The van der Waals surface area contributed by atoms with Crippen LogP contribution in [0.15, 0.2) is 0 Å². The summed E-state index contributed by atoms with van der Waals surface area (Å²) in [5, 5.41) is 14.2. The minimum atomic E-state index is 1.18. The molecule has 0 radical (unpaired) electrons. The first kappa shape index (κ1) is 17.9. The Bertz CT molecular complexity index is 101. The van der Waals surface area contributed by atoms with Crippen LogP contribution >= 0.6 is 0 Å². The molecule has 0 amide bonds. The summed E-state index contributed by atoms with van der Waals surface area (Å²) in [6, 6.07) is 0. The molecule has 0 aromatic heterocycles. The fourth-order valence-electron chi connectivity index (χ4n) is 2.50. The molecule has 0 aliphatic carbocycles. The molecule has 1 rings (SSSR count). The van der Waals surface area contributed by atoms with E-state index in [9.17, 15) is 0 Å². The summed E-state index contributed by atoms with van der Waals surface area (Å²) < 4.78 is 0. The fourth-order valence-corrected chi connectivity index (χ4v) is 2.50. The molecule has 0 aromatic carbocycles. The molecular formula is C16H36N4. The molecule has 0 unspecified atom stereocenters. The van der Waals surface area contributed by atoms with E-state index >= 15 is 0 Å². The van der Waals surface area contributed by atoms with Crippen molar-refractivity contribution >= 4 is 0 Å². The van der Waals surface area contributed by atoms with Gasteiger partial charge in [0.25, 0.3) is 0 Å². The van der Waals surface area contributed by atoms with Crippen molar-refractivity contribution in [2.45, 2.75) is 51.4 Å². The zero-order valence-corrected chi connectivity index (χ0v) is 13.3. The van der Waals surface area contributed by atoms with Gasteiger partial charge in [0.2, 0.25) is 0 Å². The lowest BCUT2D eigenvalue weighted by Gasteiger charge is -2.09. The van der Waals surface area contributed by atoms with Crippen LogP contribution in [0.5, 0.6) is 0 Å². The molecular weight excluding hydrogens is 248 g/mol. The first-order valence-electron chi connectivity index (χ1n) is 8.83. The predicted octanol–water partition coefficient (Wildman–Crippen LogP) is 1.48. The van der Waals surface area contributed by atoms with E-state index in [1.54, 1.807) is 0 Å². The molecule has 0 atom stereocenters. The zero-order valence-electron chi connectivity index (χ0n) is 13.3. The minimum absolute atomic E-state index is 1.18. The van der Waals surface area contributed by atoms with E-state index in [4.69, 9.17) is 0 Å². The number of hydrogen-bond donors (Lipinski definition) is 4. The minimum Gasteiger partial charge on any atom is -0.317 e. The van der Waals surface area contributed by atoms with Crippen molar-refractivity contribution in [2.75, 3.05) is 52.4 Å². The molecule has 1 heterocycles. The van der Waals surface area contributed by atoms with Crippen molar-refractivity contribution in [3.63, 3.8) is 0 Å². The molecule has 4 nitrogen and oxygen atoms in total. The van der Waals surface area contributed by atoms with E-state index in [0.717, 1.165) is 0 Å². The maximum Gasteiger partial charge on any atom is -0.00484 e. The third-order valence-electron chi connectivity index (χ3n) is 3.83. The monoisotopic (exact) mass is 284 g/mol. The molecule has 1 fully saturated rings. The van der Waals surface area contributed by atoms with Crippen LogP contribution < -0.4 is 21.3 Å². The van der Waals surface area contributed by atoms with Crippen LogP contribution in [-0.2, 0) is 0 Å². The van der Waals surface area contributed by atoms with Gasteiger partial charge in [0.05, 0.1) is 0 Å². The molecule has 120 valence electrons. The van der Waals surface area contributed by atoms with Crippen LogP contribution in [0.3, 0.4) is 0 Å². The van der Waals surface area contributed by atoms with E-state index in [1.807, 2.05) is 0 Å². The van der Waals surface area contributed by atoms with Crippen LogP contribution in [0.25, 0.3) is 0 Å². The second kappa shape index (κ2) is 15.2. The van der Waals surface area contributed by atoms with Crippen molar-refractivity contribution < 1.29 is 0 Å². The molecule has 4 N–H and O–H groups in total. The second-order valence-corrected chi connectivity index (χ2v) is 5.83. The number of hydrogen-bond acceptors (Lipinski definition) is 4. The average molecular weight is 284 g/mol. The molecule has 1 saturated heterocycles. The van der Waals surface area contributed by atoms with Gasteiger partial charge in [0, 0.05) is 0 Å². The van der Waals surface area contributed by atoms with Crippen molar-refractivity contribution in [2.24, 2.45) is 0 Å². The van der Waals surface area contributed by atoms with Gasteiger partial charge in [0.1, 0.15) is 0 Å². The normalized spacial score (nSPS) is 24.0. The van der Waals surface area contributed by atoms with Gasteiger partial charge in [-0.05, 0) is 104 Å².